The number of hydrogen-bond acceptors (Lipinski definition) is 6. The fourth-order valence-corrected chi connectivity index (χ4v) is 7.67. The number of carbonyl (C=O) groups excluding carboxylic acids is 3. The van der Waals surface area contributed by atoms with Crippen LogP contribution in [-0.4, -0.2) is 70.8 Å². The highest BCUT2D eigenvalue weighted by Crippen LogP contribution is 2.65. The third-order valence-corrected chi connectivity index (χ3v) is 9.74. The van der Waals surface area contributed by atoms with E-state index in [9.17, 15) is 14.7 Å². The highest BCUT2D eigenvalue weighted by molar-refractivity contribution is 6.05. The van der Waals surface area contributed by atoms with Crippen molar-refractivity contribution in [3.8, 4) is 0 Å². The number of aryl methyl sites for hydroxylation is 2. The molecule has 8 nitrogen and oxygen atoms in total. The number of hydrogen-bond donors (Lipinski definition) is 1. The van der Waals surface area contributed by atoms with Crippen LogP contribution in [0.5, 0.6) is 0 Å². The van der Waals surface area contributed by atoms with Gasteiger partial charge in [-0.2, -0.15) is 0 Å². The van der Waals surface area contributed by atoms with Crippen molar-refractivity contribution in [2.24, 2.45) is 17.8 Å². The van der Waals surface area contributed by atoms with E-state index in [4.69, 9.17) is 9.47 Å². The van der Waals surface area contributed by atoms with Gasteiger partial charge in [0, 0.05) is 12.2 Å². The summed E-state index contributed by atoms with van der Waals surface area (Å²) in [4.78, 5) is 46.5. The number of benzene rings is 2. The second-order valence-electron chi connectivity index (χ2n) is 12.4. The number of ether oxygens (including phenoxy) is 2. The lowest BCUT2D eigenvalue weighted by molar-refractivity contribution is -0.161. The van der Waals surface area contributed by atoms with Gasteiger partial charge in [0.1, 0.15) is 24.2 Å². The number of aliphatic hydroxyl groups excluding tert-OH is 1. The zero-order valence-corrected chi connectivity index (χ0v) is 25.5. The van der Waals surface area contributed by atoms with E-state index >= 15 is 4.79 Å². The maximum atomic E-state index is 15.0. The quantitative estimate of drug-likeness (QED) is 0.314. The lowest BCUT2D eigenvalue weighted by Gasteiger charge is -2.40. The van der Waals surface area contributed by atoms with Crippen molar-refractivity contribution in [2.75, 3.05) is 24.7 Å². The maximum absolute atomic E-state index is 15.0. The number of rotatable bonds is 11. The van der Waals surface area contributed by atoms with Crippen LogP contribution in [0.25, 0.3) is 0 Å². The molecule has 3 saturated heterocycles. The van der Waals surface area contributed by atoms with E-state index < -0.39 is 41.1 Å². The molecule has 2 amide bonds. The van der Waals surface area contributed by atoms with Crippen LogP contribution in [0.3, 0.4) is 0 Å². The van der Waals surface area contributed by atoms with Crippen molar-refractivity contribution < 1.29 is 29.0 Å². The molecular weight excluding hydrogens is 544 g/mol. The fourth-order valence-electron chi connectivity index (χ4n) is 7.67. The summed E-state index contributed by atoms with van der Waals surface area (Å²) in [5.74, 6) is -3.22. The van der Waals surface area contributed by atoms with Crippen molar-refractivity contribution in [2.45, 2.75) is 63.8 Å². The Labute approximate surface area is 254 Å². The highest BCUT2D eigenvalue weighted by Gasteiger charge is 2.80. The molecule has 3 heterocycles. The molecular formula is C35H42N2O6. The van der Waals surface area contributed by atoms with Gasteiger partial charge >= 0.3 is 5.97 Å². The summed E-state index contributed by atoms with van der Waals surface area (Å²) in [6, 6.07) is 13.7. The number of nitrogens with zero attached hydrogens (tertiary/aromatic N) is 2. The lowest BCUT2D eigenvalue weighted by Crippen LogP contribution is -2.59. The van der Waals surface area contributed by atoms with Crippen molar-refractivity contribution in [1.29, 1.82) is 0 Å². The number of fused-ring (bicyclic) bond motifs is 1. The predicted molar refractivity (Wildman–Crippen MR) is 164 cm³/mol. The van der Waals surface area contributed by atoms with Crippen LogP contribution in [0, 0.1) is 31.6 Å². The molecule has 2 bridgehead atoms. The van der Waals surface area contributed by atoms with Crippen LogP contribution in [0.1, 0.15) is 37.0 Å². The number of likely N-dealkylation sites (tertiary alicyclic amines) is 1. The first-order valence-corrected chi connectivity index (χ1v) is 15.0. The summed E-state index contributed by atoms with van der Waals surface area (Å²) in [5.41, 5.74) is 1.24. The Morgan fingerprint density at radius 1 is 1.19 bits per heavy atom. The first-order chi connectivity index (χ1) is 20.5. The summed E-state index contributed by atoms with van der Waals surface area (Å²) in [7, 11) is 0. The molecule has 0 aromatic heterocycles. The normalized spacial score (nSPS) is 29.7. The molecule has 8 heteroatoms. The lowest BCUT2D eigenvalue weighted by atomic mass is 9.62. The Balaban J connectivity index is 1.67. The van der Waals surface area contributed by atoms with Crippen molar-refractivity contribution in [3.05, 3.63) is 90.5 Å². The molecule has 5 rings (SSSR count). The van der Waals surface area contributed by atoms with Gasteiger partial charge in [-0.3, -0.25) is 14.4 Å². The standard InChI is InChI=1S/C35H42N2O6/c1-7-16-36(27-18-22(3)14-15-23(27)4)32(40)30-35-20-24(5)34(6,43-35)29(33(41)42-17-8-2)28(35)31(39)37(30)26(21-38)19-25-12-10-9-11-13-25/h7-15,18,24,26,28-30,38H,1-2,16-17,19-21H2,3-6H3/t24?,26-,28+,29-,30?,34+,35?/m1/s1. The smallest absolute Gasteiger partial charge is 0.313 e. The maximum Gasteiger partial charge on any atom is 0.313 e. The predicted octanol–water partition coefficient (Wildman–Crippen LogP) is 4.17. The minimum atomic E-state index is -1.28. The van der Waals surface area contributed by atoms with Crippen LogP contribution in [0.15, 0.2) is 73.8 Å². The molecule has 1 spiro atoms. The molecule has 228 valence electrons. The Morgan fingerprint density at radius 3 is 2.56 bits per heavy atom. The molecule has 3 aliphatic rings. The number of anilines is 1. The Kier molecular flexibility index (Phi) is 8.38. The van der Waals surface area contributed by atoms with E-state index in [2.05, 4.69) is 13.2 Å². The van der Waals surface area contributed by atoms with Crippen molar-refractivity contribution in [1.82, 2.24) is 4.90 Å². The van der Waals surface area contributed by atoms with Crippen LogP contribution < -0.4 is 4.90 Å². The van der Waals surface area contributed by atoms with Crippen LogP contribution in [0.2, 0.25) is 0 Å². The van der Waals surface area contributed by atoms with Gasteiger partial charge in [-0.1, -0.05) is 68.1 Å². The molecule has 0 aliphatic carbocycles. The summed E-state index contributed by atoms with van der Waals surface area (Å²) in [6.07, 6.45) is 3.90. The van der Waals surface area contributed by atoms with E-state index in [1.165, 1.54) is 11.0 Å². The van der Waals surface area contributed by atoms with E-state index in [0.29, 0.717) is 12.8 Å². The van der Waals surface area contributed by atoms with Gasteiger partial charge in [0.05, 0.1) is 24.2 Å². The van der Waals surface area contributed by atoms with Gasteiger partial charge in [0.25, 0.3) is 5.91 Å². The molecule has 0 radical (unpaired) electrons. The molecule has 2 aromatic rings. The van der Waals surface area contributed by atoms with Crippen molar-refractivity contribution in [3.63, 3.8) is 0 Å². The van der Waals surface area contributed by atoms with Gasteiger partial charge < -0.3 is 24.4 Å². The van der Waals surface area contributed by atoms with Crippen molar-refractivity contribution >= 4 is 23.5 Å². The highest BCUT2D eigenvalue weighted by atomic mass is 16.6. The SMILES string of the molecule is C=CCOC(=O)[C@H]1[C@H]2C(=O)N([C@@H](CO)Cc3ccccc3)C(C(=O)N(CC=C)c3cc(C)ccc3C)C23CC(C)[C@]1(C)O3. The minimum absolute atomic E-state index is 0.00674. The summed E-state index contributed by atoms with van der Waals surface area (Å²) < 4.78 is 12.4. The van der Waals surface area contributed by atoms with Crippen LogP contribution in [0.4, 0.5) is 5.69 Å². The number of aliphatic hydroxyl groups is 1. The average molecular weight is 587 g/mol. The van der Waals surface area contributed by atoms with Gasteiger partial charge in [0.2, 0.25) is 5.91 Å². The van der Waals surface area contributed by atoms with Crippen LogP contribution >= 0.6 is 0 Å². The Morgan fingerprint density at radius 2 is 1.91 bits per heavy atom. The molecule has 3 aliphatic heterocycles. The fraction of sp³-hybridized carbons (Fsp3) is 0.457. The summed E-state index contributed by atoms with van der Waals surface area (Å²) >= 11 is 0. The third-order valence-electron chi connectivity index (χ3n) is 9.74. The number of carbonyl (C=O) groups is 3. The molecule has 0 saturated carbocycles. The second-order valence-corrected chi connectivity index (χ2v) is 12.4. The monoisotopic (exact) mass is 586 g/mol. The summed E-state index contributed by atoms with van der Waals surface area (Å²) in [5, 5.41) is 10.8. The Hall–Kier alpha value is -3.75. The van der Waals surface area contributed by atoms with Gasteiger partial charge in [0.15, 0.2) is 0 Å². The van der Waals surface area contributed by atoms with E-state index in [0.717, 1.165) is 22.4 Å². The molecule has 7 atom stereocenters. The number of esters is 1. The Bertz CT molecular complexity index is 1420. The summed E-state index contributed by atoms with van der Waals surface area (Å²) in [6.45, 7) is 15.2. The zero-order valence-electron chi connectivity index (χ0n) is 25.5. The van der Waals surface area contributed by atoms with E-state index in [1.807, 2.05) is 76.2 Å². The molecule has 43 heavy (non-hydrogen) atoms. The molecule has 3 fully saturated rings. The van der Waals surface area contributed by atoms with Gasteiger partial charge in [-0.25, -0.2) is 0 Å². The van der Waals surface area contributed by atoms with Crippen LogP contribution in [-0.2, 0) is 30.3 Å². The van der Waals surface area contributed by atoms with E-state index in [1.54, 1.807) is 11.0 Å². The topological polar surface area (TPSA) is 96.4 Å². The molecule has 2 aromatic carbocycles. The largest absolute Gasteiger partial charge is 0.461 e. The van der Waals surface area contributed by atoms with E-state index in [-0.39, 0.29) is 37.5 Å². The zero-order chi connectivity index (χ0) is 31.1. The third kappa shape index (κ3) is 4.90. The van der Waals surface area contributed by atoms with Gasteiger partial charge in [-0.05, 0) is 62.3 Å². The minimum Gasteiger partial charge on any atom is -0.461 e. The molecule has 1 N–H and O–H groups in total. The first-order valence-electron chi connectivity index (χ1n) is 15.0. The number of amides is 2. The first kappa shape index (κ1) is 30.7. The molecule has 3 unspecified atom stereocenters. The average Bonchev–Trinajstić information content (AvgIpc) is 3.51. The van der Waals surface area contributed by atoms with Gasteiger partial charge in [-0.15, -0.1) is 6.58 Å². The second kappa shape index (κ2) is 11.7.